The molecule has 0 unspecified atom stereocenters. The number of amides is 2. The lowest BCUT2D eigenvalue weighted by Gasteiger charge is -2.28. The van der Waals surface area contributed by atoms with Crippen molar-refractivity contribution in [3.05, 3.63) is 39.9 Å². The molecule has 1 aromatic carbocycles. The fourth-order valence-corrected chi connectivity index (χ4v) is 2.41. The van der Waals surface area contributed by atoms with Gasteiger partial charge in [0.15, 0.2) is 0 Å². The van der Waals surface area contributed by atoms with Crippen molar-refractivity contribution >= 4 is 41.1 Å². The molecule has 1 aliphatic heterocycles. The molecule has 0 radical (unpaired) electrons. The molecular formula is C16H18Cl2N2O3. The number of carbonyl (C=O) groups excluding carboxylic acids is 2. The molecule has 1 heterocycles. The third-order valence-electron chi connectivity index (χ3n) is 3.47. The van der Waals surface area contributed by atoms with Crippen molar-refractivity contribution in [2.75, 3.05) is 39.9 Å². The maximum Gasteiger partial charge on any atom is 0.246 e. The Kier molecular flexibility index (Phi) is 6.45. The van der Waals surface area contributed by atoms with Crippen molar-refractivity contribution in [1.29, 1.82) is 0 Å². The van der Waals surface area contributed by atoms with Crippen molar-refractivity contribution in [2.24, 2.45) is 0 Å². The van der Waals surface area contributed by atoms with Crippen LogP contribution in [0.4, 0.5) is 0 Å². The number of hydrogen-bond donors (Lipinski definition) is 0. The zero-order valence-corrected chi connectivity index (χ0v) is 14.3. The van der Waals surface area contributed by atoms with Crippen molar-refractivity contribution in [3.63, 3.8) is 0 Å². The number of carbonyl (C=O) groups is 2. The van der Waals surface area contributed by atoms with Crippen LogP contribution in [-0.2, 0) is 14.3 Å². The number of likely N-dealkylation sites (N-methyl/N-ethyl adjacent to an activating group) is 1. The highest BCUT2D eigenvalue weighted by Crippen LogP contribution is 2.23. The number of ether oxygens (including phenoxy) is 1. The van der Waals surface area contributed by atoms with Gasteiger partial charge in [0, 0.05) is 26.2 Å². The summed E-state index contributed by atoms with van der Waals surface area (Å²) in [6, 6.07) is 5.10. The standard InChI is InChI=1S/C16H18Cl2N2O3/c1-19(11-16(22)20-6-8-23-9-7-20)15(21)5-3-12-2-4-13(17)14(18)10-12/h2-5,10H,6-9,11H2,1H3/b5-3+. The first-order valence-corrected chi connectivity index (χ1v) is 7.96. The minimum atomic E-state index is -0.252. The minimum Gasteiger partial charge on any atom is -0.378 e. The molecule has 2 rings (SSSR count). The number of morpholine rings is 1. The quantitative estimate of drug-likeness (QED) is 0.778. The fourth-order valence-electron chi connectivity index (χ4n) is 2.10. The molecule has 0 N–H and O–H groups in total. The second-order valence-corrected chi connectivity index (χ2v) is 6.01. The second-order valence-electron chi connectivity index (χ2n) is 5.19. The van der Waals surface area contributed by atoms with Gasteiger partial charge in [-0.15, -0.1) is 0 Å². The summed E-state index contributed by atoms with van der Waals surface area (Å²) < 4.78 is 5.20. The molecular weight excluding hydrogens is 339 g/mol. The van der Waals surface area contributed by atoms with Crippen LogP contribution in [0.5, 0.6) is 0 Å². The summed E-state index contributed by atoms with van der Waals surface area (Å²) in [5, 5.41) is 0.889. The largest absolute Gasteiger partial charge is 0.378 e. The normalized spacial score (nSPS) is 15.0. The number of benzene rings is 1. The van der Waals surface area contributed by atoms with Crippen molar-refractivity contribution < 1.29 is 14.3 Å². The highest BCUT2D eigenvalue weighted by Gasteiger charge is 2.19. The van der Waals surface area contributed by atoms with Gasteiger partial charge in [-0.05, 0) is 23.8 Å². The van der Waals surface area contributed by atoms with Crippen LogP contribution in [0.3, 0.4) is 0 Å². The first-order chi connectivity index (χ1) is 11.0. The van der Waals surface area contributed by atoms with Crippen molar-refractivity contribution in [2.45, 2.75) is 0 Å². The highest BCUT2D eigenvalue weighted by molar-refractivity contribution is 6.42. The zero-order valence-electron chi connectivity index (χ0n) is 12.8. The molecule has 0 aromatic heterocycles. The van der Waals surface area contributed by atoms with Gasteiger partial charge in [-0.2, -0.15) is 0 Å². The van der Waals surface area contributed by atoms with Gasteiger partial charge in [0.25, 0.3) is 0 Å². The molecule has 2 amide bonds. The average molecular weight is 357 g/mol. The van der Waals surface area contributed by atoms with E-state index in [1.165, 1.54) is 11.0 Å². The lowest BCUT2D eigenvalue weighted by atomic mass is 10.2. The summed E-state index contributed by atoms with van der Waals surface area (Å²) in [7, 11) is 1.60. The average Bonchev–Trinajstić information content (AvgIpc) is 2.56. The van der Waals surface area contributed by atoms with E-state index in [1.54, 1.807) is 36.2 Å². The predicted molar refractivity (Wildman–Crippen MR) is 90.5 cm³/mol. The van der Waals surface area contributed by atoms with Crippen LogP contribution in [-0.4, -0.2) is 61.5 Å². The van der Waals surface area contributed by atoms with Crippen molar-refractivity contribution in [1.82, 2.24) is 9.80 Å². The van der Waals surface area contributed by atoms with E-state index in [-0.39, 0.29) is 18.4 Å². The molecule has 5 nitrogen and oxygen atoms in total. The van der Waals surface area contributed by atoms with Crippen LogP contribution < -0.4 is 0 Å². The van der Waals surface area contributed by atoms with Gasteiger partial charge in [0.2, 0.25) is 11.8 Å². The first-order valence-electron chi connectivity index (χ1n) is 7.21. The SMILES string of the molecule is CN(CC(=O)N1CCOCC1)C(=O)/C=C/c1ccc(Cl)c(Cl)c1. The maximum atomic E-state index is 12.1. The summed E-state index contributed by atoms with van der Waals surface area (Å²) in [6.07, 6.45) is 3.05. The predicted octanol–water partition coefficient (Wildman–Crippen LogP) is 2.32. The van der Waals surface area contributed by atoms with Crippen LogP contribution in [0.1, 0.15) is 5.56 Å². The van der Waals surface area contributed by atoms with Crippen LogP contribution in [0.25, 0.3) is 6.08 Å². The summed E-state index contributed by atoms with van der Waals surface area (Å²) in [5.74, 6) is -0.329. The van der Waals surface area contributed by atoms with E-state index in [1.807, 2.05) is 0 Å². The number of hydrogen-bond acceptors (Lipinski definition) is 3. The third kappa shape index (κ3) is 5.23. The Morgan fingerprint density at radius 3 is 2.61 bits per heavy atom. The Hall–Kier alpha value is -1.56. The Balaban J connectivity index is 1.89. The van der Waals surface area contributed by atoms with Gasteiger partial charge in [0.05, 0.1) is 29.8 Å². The summed E-state index contributed by atoms with van der Waals surface area (Å²) >= 11 is 11.8. The molecule has 0 spiro atoms. The Morgan fingerprint density at radius 2 is 1.96 bits per heavy atom. The van der Waals surface area contributed by atoms with Gasteiger partial charge in [0.1, 0.15) is 0 Å². The molecule has 1 aromatic rings. The van der Waals surface area contributed by atoms with Crippen LogP contribution >= 0.6 is 23.2 Å². The van der Waals surface area contributed by atoms with E-state index in [4.69, 9.17) is 27.9 Å². The van der Waals surface area contributed by atoms with E-state index in [0.717, 1.165) is 5.56 Å². The third-order valence-corrected chi connectivity index (χ3v) is 4.21. The Morgan fingerprint density at radius 1 is 1.26 bits per heavy atom. The molecule has 0 aliphatic carbocycles. The fraction of sp³-hybridized carbons (Fsp3) is 0.375. The molecule has 1 aliphatic rings. The van der Waals surface area contributed by atoms with E-state index >= 15 is 0 Å². The molecule has 0 bridgehead atoms. The van der Waals surface area contributed by atoms with E-state index in [2.05, 4.69) is 0 Å². The Labute approximate surface area is 145 Å². The molecule has 23 heavy (non-hydrogen) atoms. The molecule has 1 fully saturated rings. The van der Waals surface area contributed by atoms with Crippen LogP contribution in [0, 0.1) is 0 Å². The number of nitrogens with zero attached hydrogens (tertiary/aromatic N) is 2. The van der Waals surface area contributed by atoms with Crippen molar-refractivity contribution in [3.8, 4) is 0 Å². The number of halogens is 2. The molecule has 0 atom stereocenters. The monoisotopic (exact) mass is 356 g/mol. The molecule has 7 heteroatoms. The van der Waals surface area contributed by atoms with Gasteiger partial charge in [-0.3, -0.25) is 9.59 Å². The summed E-state index contributed by atoms with van der Waals surface area (Å²) in [5.41, 5.74) is 0.764. The molecule has 124 valence electrons. The lowest BCUT2D eigenvalue weighted by molar-refractivity contribution is -0.140. The second kappa shape index (κ2) is 8.34. The van der Waals surface area contributed by atoms with E-state index in [9.17, 15) is 9.59 Å². The van der Waals surface area contributed by atoms with E-state index in [0.29, 0.717) is 36.3 Å². The topological polar surface area (TPSA) is 49.9 Å². The van der Waals surface area contributed by atoms with Gasteiger partial charge in [-0.25, -0.2) is 0 Å². The molecule has 1 saturated heterocycles. The maximum absolute atomic E-state index is 12.1. The minimum absolute atomic E-state index is 0.0462. The summed E-state index contributed by atoms with van der Waals surface area (Å²) in [4.78, 5) is 27.2. The number of rotatable bonds is 4. The highest BCUT2D eigenvalue weighted by atomic mass is 35.5. The van der Waals surface area contributed by atoms with Gasteiger partial charge >= 0.3 is 0 Å². The first kappa shape index (κ1) is 17.8. The van der Waals surface area contributed by atoms with E-state index < -0.39 is 0 Å². The molecule has 0 saturated carbocycles. The smallest absolute Gasteiger partial charge is 0.246 e. The van der Waals surface area contributed by atoms with Gasteiger partial charge < -0.3 is 14.5 Å². The zero-order chi connectivity index (χ0) is 16.8. The Bertz CT molecular complexity index is 613. The summed E-state index contributed by atoms with van der Waals surface area (Å²) in [6.45, 7) is 2.27. The van der Waals surface area contributed by atoms with Crippen LogP contribution in [0.15, 0.2) is 24.3 Å². The van der Waals surface area contributed by atoms with Gasteiger partial charge in [-0.1, -0.05) is 29.3 Å². The lowest BCUT2D eigenvalue weighted by Crippen LogP contribution is -2.45. The van der Waals surface area contributed by atoms with Crippen LogP contribution in [0.2, 0.25) is 10.0 Å².